The van der Waals surface area contributed by atoms with Crippen LogP contribution in [0.15, 0.2) is 42.7 Å². The highest BCUT2D eigenvalue weighted by atomic mass is 35.5. The summed E-state index contributed by atoms with van der Waals surface area (Å²) in [5.41, 5.74) is 1.90. The summed E-state index contributed by atoms with van der Waals surface area (Å²) in [7, 11) is 0. The van der Waals surface area contributed by atoms with Crippen molar-refractivity contribution < 1.29 is 14.4 Å². The number of hydrogen-bond acceptors (Lipinski definition) is 5. The number of fused-ring (bicyclic) bond motifs is 1. The molecule has 2 unspecified atom stereocenters. The van der Waals surface area contributed by atoms with E-state index in [9.17, 15) is 14.4 Å². The van der Waals surface area contributed by atoms with Crippen LogP contribution in [0.2, 0.25) is 0 Å². The minimum Gasteiger partial charge on any atom is -0.333 e. The molecule has 2 aliphatic heterocycles. The van der Waals surface area contributed by atoms with Crippen molar-refractivity contribution in [3.8, 4) is 0 Å². The maximum absolute atomic E-state index is 13.0. The minimum atomic E-state index is -0.367. The maximum Gasteiger partial charge on any atom is 0.261 e. The van der Waals surface area contributed by atoms with Gasteiger partial charge < -0.3 is 10.2 Å². The van der Waals surface area contributed by atoms with Crippen LogP contribution in [-0.2, 0) is 6.54 Å². The number of amides is 3. The Labute approximate surface area is 187 Å². The van der Waals surface area contributed by atoms with Gasteiger partial charge in [0.05, 0.1) is 17.7 Å². The Bertz CT molecular complexity index is 955. The Morgan fingerprint density at radius 3 is 2.43 bits per heavy atom. The third kappa shape index (κ3) is 4.19. The SMILES string of the molecule is CC1NCCN(C(=O)c2ccc3c(c2)C(=O)N(Cc2ccncc2)C3=O)C1C.Cl.Cl. The number of rotatable bonds is 3. The van der Waals surface area contributed by atoms with Gasteiger partial charge >= 0.3 is 0 Å². The third-order valence-electron chi connectivity index (χ3n) is 5.60. The average Bonchev–Trinajstić information content (AvgIpc) is 2.95. The smallest absolute Gasteiger partial charge is 0.261 e. The Kier molecular flexibility index (Phi) is 7.58. The molecule has 0 saturated carbocycles. The summed E-state index contributed by atoms with van der Waals surface area (Å²) >= 11 is 0. The van der Waals surface area contributed by atoms with E-state index in [1.165, 1.54) is 4.90 Å². The zero-order chi connectivity index (χ0) is 19.8. The third-order valence-corrected chi connectivity index (χ3v) is 5.60. The lowest BCUT2D eigenvalue weighted by Gasteiger charge is -2.38. The molecule has 160 valence electrons. The van der Waals surface area contributed by atoms with Gasteiger partial charge in [0.25, 0.3) is 17.7 Å². The van der Waals surface area contributed by atoms with Gasteiger partial charge in [0, 0.05) is 43.1 Å². The van der Waals surface area contributed by atoms with E-state index < -0.39 is 0 Å². The van der Waals surface area contributed by atoms with Crippen LogP contribution >= 0.6 is 24.8 Å². The molecule has 3 amide bonds. The molecular formula is C21H24Cl2N4O3. The standard InChI is InChI=1S/C21H22N4O3.2ClH/c1-13-14(2)24(10-9-23-13)19(26)16-3-4-17-18(11-16)21(28)25(20(17)27)12-15-5-7-22-8-6-15;;/h3-8,11,13-14,23H,9-10,12H2,1-2H3;2*1H. The molecular weight excluding hydrogens is 427 g/mol. The Hall–Kier alpha value is -2.48. The van der Waals surface area contributed by atoms with Gasteiger partial charge in [-0.25, -0.2) is 0 Å². The minimum absolute atomic E-state index is 0. The van der Waals surface area contributed by atoms with Gasteiger partial charge in [-0.2, -0.15) is 0 Å². The molecule has 9 heteroatoms. The lowest BCUT2D eigenvalue weighted by molar-refractivity contribution is 0.0602. The highest BCUT2D eigenvalue weighted by Crippen LogP contribution is 2.26. The van der Waals surface area contributed by atoms with Crippen LogP contribution in [0.5, 0.6) is 0 Å². The molecule has 30 heavy (non-hydrogen) atoms. The van der Waals surface area contributed by atoms with Crippen LogP contribution in [0.4, 0.5) is 0 Å². The van der Waals surface area contributed by atoms with Crippen LogP contribution in [0.25, 0.3) is 0 Å². The summed E-state index contributed by atoms with van der Waals surface area (Å²) in [6.07, 6.45) is 3.25. The number of pyridine rings is 1. The molecule has 4 rings (SSSR count). The summed E-state index contributed by atoms with van der Waals surface area (Å²) in [6.45, 7) is 5.59. The number of nitrogens with one attached hydrogen (secondary N) is 1. The van der Waals surface area contributed by atoms with Crippen LogP contribution in [0.1, 0.15) is 50.5 Å². The molecule has 7 nitrogen and oxygen atoms in total. The topological polar surface area (TPSA) is 82.6 Å². The quantitative estimate of drug-likeness (QED) is 0.726. The fourth-order valence-electron chi connectivity index (χ4n) is 3.75. The lowest BCUT2D eigenvalue weighted by atomic mass is 10.0. The molecule has 1 aromatic carbocycles. The summed E-state index contributed by atoms with van der Waals surface area (Å²) in [6, 6.07) is 8.58. The van der Waals surface area contributed by atoms with Crippen LogP contribution in [-0.4, -0.2) is 57.7 Å². The predicted molar refractivity (Wildman–Crippen MR) is 117 cm³/mol. The van der Waals surface area contributed by atoms with E-state index in [4.69, 9.17) is 0 Å². The van der Waals surface area contributed by atoms with Gasteiger partial charge in [0.15, 0.2) is 0 Å². The first kappa shape index (κ1) is 23.8. The molecule has 1 aromatic heterocycles. The highest BCUT2D eigenvalue weighted by molar-refractivity contribution is 6.22. The molecule has 1 saturated heterocycles. The van der Waals surface area contributed by atoms with Crippen molar-refractivity contribution in [2.45, 2.75) is 32.5 Å². The Balaban J connectivity index is 0.00000160. The highest BCUT2D eigenvalue weighted by Gasteiger charge is 2.37. The van der Waals surface area contributed by atoms with E-state index in [0.717, 1.165) is 12.1 Å². The summed E-state index contributed by atoms with van der Waals surface area (Å²) in [4.78, 5) is 45.5. The first-order valence-corrected chi connectivity index (χ1v) is 9.41. The number of imide groups is 1. The first-order valence-electron chi connectivity index (χ1n) is 9.41. The maximum atomic E-state index is 13.0. The van der Waals surface area contributed by atoms with E-state index in [-0.39, 0.29) is 61.2 Å². The lowest BCUT2D eigenvalue weighted by Crippen LogP contribution is -2.57. The fourth-order valence-corrected chi connectivity index (χ4v) is 3.75. The largest absolute Gasteiger partial charge is 0.333 e. The molecule has 1 N–H and O–H groups in total. The Morgan fingerprint density at radius 1 is 1.07 bits per heavy atom. The molecule has 2 aliphatic rings. The molecule has 1 fully saturated rings. The molecule has 3 heterocycles. The van der Waals surface area contributed by atoms with Gasteiger partial charge in [-0.1, -0.05) is 0 Å². The van der Waals surface area contributed by atoms with E-state index in [0.29, 0.717) is 23.2 Å². The number of aromatic nitrogens is 1. The number of nitrogens with zero attached hydrogens (tertiary/aromatic N) is 3. The number of hydrogen-bond donors (Lipinski definition) is 1. The number of halogens is 2. The van der Waals surface area contributed by atoms with Crippen LogP contribution < -0.4 is 5.32 Å². The van der Waals surface area contributed by atoms with Gasteiger partial charge in [-0.3, -0.25) is 24.3 Å². The normalized spacial score (nSPS) is 20.3. The van der Waals surface area contributed by atoms with Crippen molar-refractivity contribution in [2.24, 2.45) is 0 Å². The molecule has 0 aliphatic carbocycles. The van der Waals surface area contributed by atoms with Gasteiger partial charge in [0.2, 0.25) is 0 Å². The van der Waals surface area contributed by atoms with Gasteiger partial charge in [0.1, 0.15) is 0 Å². The zero-order valence-corrected chi connectivity index (χ0v) is 18.3. The molecule has 0 bridgehead atoms. The monoisotopic (exact) mass is 450 g/mol. The number of piperazine rings is 1. The van der Waals surface area contributed by atoms with Crippen LogP contribution in [0.3, 0.4) is 0 Å². The molecule has 2 atom stereocenters. The average molecular weight is 451 g/mol. The van der Waals surface area contributed by atoms with Crippen molar-refractivity contribution >= 4 is 42.5 Å². The molecule has 0 spiro atoms. The molecule has 2 aromatic rings. The number of carbonyl (C=O) groups excluding carboxylic acids is 3. The van der Waals surface area contributed by atoms with Gasteiger partial charge in [-0.15, -0.1) is 24.8 Å². The number of benzene rings is 1. The Morgan fingerprint density at radius 2 is 1.73 bits per heavy atom. The van der Waals surface area contributed by atoms with E-state index in [1.54, 1.807) is 42.7 Å². The van der Waals surface area contributed by atoms with E-state index in [2.05, 4.69) is 10.3 Å². The van der Waals surface area contributed by atoms with Crippen molar-refractivity contribution in [1.82, 2.24) is 20.1 Å². The van der Waals surface area contributed by atoms with Gasteiger partial charge in [-0.05, 0) is 49.7 Å². The first-order chi connectivity index (χ1) is 13.5. The van der Waals surface area contributed by atoms with Crippen molar-refractivity contribution in [3.05, 3.63) is 65.0 Å². The second-order valence-corrected chi connectivity index (χ2v) is 7.29. The van der Waals surface area contributed by atoms with E-state index in [1.807, 2.05) is 18.7 Å². The van der Waals surface area contributed by atoms with E-state index >= 15 is 0 Å². The van der Waals surface area contributed by atoms with Crippen molar-refractivity contribution in [1.29, 1.82) is 0 Å². The second kappa shape index (κ2) is 9.55. The fraction of sp³-hybridized carbons (Fsp3) is 0.333. The summed E-state index contributed by atoms with van der Waals surface area (Å²) in [5.74, 6) is -0.815. The summed E-state index contributed by atoms with van der Waals surface area (Å²) < 4.78 is 0. The number of carbonyl (C=O) groups is 3. The predicted octanol–water partition coefficient (Wildman–Crippen LogP) is 2.54. The molecule has 0 radical (unpaired) electrons. The summed E-state index contributed by atoms with van der Waals surface area (Å²) in [5, 5.41) is 3.35. The zero-order valence-electron chi connectivity index (χ0n) is 16.7. The van der Waals surface area contributed by atoms with Crippen molar-refractivity contribution in [3.63, 3.8) is 0 Å². The van der Waals surface area contributed by atoms with Crippen LogP contribution in [0, 0.1) is 0 Å². The second-order valence-electron chi connectivity index (χ2n) is 7.29. The van der Waals surface area contributed by atoms with Crippen molar-refractivity contribution in [2.75, 3.05) is 13.1 Å².